The molecular formula is C20H16ClN3O3. The number of halogens is 1. The number of nitrogens with two attached hydrogens (primary N) is 1. The molecule has 1 aliphatic rings. The Bertz CT molecular complexity index is 1040. The van der Waals surface area contributed by atoms with Gasteiger partial charge in [-0.3, -0.25) is 4.98 Å². The minimum atomic E-state index is 0.0882. The first-order valence-electron chi connectivity index (χ1n) is 8.44. The SMILES string of the molecule is N#Cc1cc2c(Oc3ccc(Cl)c(N)c3)ccnc2cc1OC[C@H]1CCO1. The van der Waals surface area contributed by atoms with Gasteiger partial charge in [-0.2, -0.15) is 5.26 Å². The molecule has 4 rings (SSSR count). The number of pyridine rings is 1. The molecule has 1 fully saturated rings. The predicted octanol–water partition coefficient (Wildman–Crippen LogP) is 4.30. The van der Waals surface area contributed by atoms with Crippen LogP contribution < -0.4 is 15.2 Å². The van der Waals surface area contributed by atoms with Crippen molar-refractivity contribution in [3.05, 3.63) is 53.2 Å². The standard InChI is InChI=1S/C20H16ClN3O3/c21-16-2-1-13(8-17(16)23)27-19-3-5-24-18-9-20(12(10-22)7-15(18)19)26-11-14-4-6-25-14/h1-3,5,7-9,14H,4,6,11,23H2/t14-/m1/s1. The summed E-state index contributed by atoms with van der Waals surface area (Å²) < 4.78 is 17.1. The zero-order valence-corrected chi connectivity index (χ0v) is 15.1. The maximum atomic E-state index is 9.51. The van der Waals surface area contributed by atoms with Crippen LogP contribution in [0.2, 0.25) is 5.02 Å². The predicted molar refractivity (Wildman–Crippen MR) is 102 cm³/mol. The summed E-state index contributed by atoms with van der Waals surface area (Å²) in [5.74, 6) is 1.60. The van der Waals surface area contributed by atoms with E-state index < -0.39 is 0 Å². The number of hydrogen-bond donors (Lipinski definition) is 1. The van der Waals surface area contributed by atoms with Crippen LogP contribution in [0.3, 0.4) is 0 Å². The lowest BCUT2D eigenvalue weighted by molar-refractivity contribution is -0.0721. The van der Waals surface area contributed by atoms with Crippen LogP contribution in [0.5, 0.6) is 17.2 Å². The van der Waals surface area contributed by atoms with Gasteiger partial charge >= 0.3 is 0 Å². The van der Waals surface area contributed by atoms with Crippen molar-refractivity contribution in [1.29, 1.82) is 5.26 Å². The quantitative estimate of drug-likeness (QED) is 0.662. The van der Waals surface area contributed by atoms with Gasteiger partial charge in [0.1, 0.15) is 29.9 Å². The maximum absolute atomic E-state index is 9.51. The number of aromatic nitrogens is 1. The van der Waals surface area contributed by atoms with E-state index in [0.717, 1.165) is 13.0 Å². The van der Waals surface area contributed by atoms with Gasteiger partial charge in [0.2, 0.25) is 0 Å². The van der Waals surface area contributed by atoms with Crippen molar-refractivity contribution in [2.75, 3.05) is 18.9 Å². The van der Waals surface area contributed by atoms with Gasteiger partial charge < -0.3 is 19.9 Å². The largest absolute Gasteiger partial charge is 0.489 e. The van der Waals surface area contributed by atoms with Gasteiger partial charge in [-0.25, -0.2) is 0 Å². The molecule has 0 unspecified atom stereocenters. The van der Waals surface area contributed by atoms with Gasteiger partial charge in [-0.1, -0.05) is 11.6 Å². The smallest absolute Gasteiger partial charge is 0.139 e. The number of nitrogens with zero attached hydrogens (tertiary/aromatic N) is 2. The Morgan fingerprint density at radius 1 is 1.26 bits per heavy atom. The molecule has 0 bridgehead atoms. The maximum Gasteiger partial charge on any atom is 0.139 e. The second-order valence-corrected chi connectivity index (χ2v) is 6.57. The number of benzene rings is 2. The minimum Gasteiger partial charge on any atom is -0.489 e. The molecule has 27 heavy (non-hydrogen) atoms. The van der Waals surface area contributed by atoms with Gasteiger partial charge in [0.25, 0.3) is 0 Å². The lowest BCUT2D eigenvalue weighted by Gasteiger charge is -2.26. The van der Waals surface area contributed by atoms with E-state index in [1.165, 1.54) is 0 Å². The lowest BCUT2D eigenvalue weighted by Crippen LogP contribution is -2.32. The van der Waals surface area contributed by atoms with Crippen molar-refractivity contribution in [1.82, 2.24) is 4.98 Å². The van der Waals surface area contributed by atoms with Crippen molar-refractivity contribution < 1.29 is 14.2 Å². The average Bonchev–Trinajstić information content (AvgIpc) is 2.63. The second kappa shape index (κ2) is 7.31. The number of fused-ring (bicyclic) bond motifs is 1. The molecule has 0 amide bonds. The van der Waals surface area contributed by atoms with Gasteiger partial charge in [0, 0.05) is 36.7 Å². The van der Waals surface area contributed by atoms with Crippen LogP contribution >= 0.6 is 11.6 Å². The van der Waals surface area contributed by atoms with E-state index in [1.54, 1.807) is 42.6 Å². The third kappa shape index (κ3) is 3.61. The Balaban J connectivity index is 1.67. The van der Waals surface area contributed by atoms with Crippen molar-refractivity contribution in [2.45, 2.75) is 12.5 Å². The second-order valence-electron chi connectivity index (χ2n) is 6.16. The number of ether oxygens (including phenoxy) is 3. The number of rotatable bonds is 5. The van der Waals surface area contributed by atoms with Crippen molar-refractivity contribution >= 4 is 28.2 Å². The summed E-state index contributed by atoms with van der Waals surface area (Å²) in [7, 11) is 0. The molecule has 0 aliphatic carbocycles. The van der Waals surface area contributed by atoms with Crippen LogP contribution in [0, 0.1) is 11.3 Å². The van der Waals surface area contributed by atoms with Crippen LogP contribution in [0.25, 0.3) is 10.9 Å². The summed E-state index contributed by atoms with van der Waals surface area (Å²) in [6.45, 7) is 1.18. The molecule has 3 aromatic rings. The minimum absolute atomic E-state index is 0.0882. The highest BCUT2D eigenvalue weighted by Crippen LogP contribution is 2.34. The molecule has 2 heterocycles. The summed E-state index contributed by atoms with van der Waals surface area (Å²) >= 11 is 5.95. The first-order valence-corrected chi connectivity index (χ1v) is 8.82. The van der Waals surface area contributed by atoms with E-state index in [1.807, 2.05) is 0 Å². The average molecular weight is 382 g/mol. The van der Waals surface area contributed by atoms with E-state index in [-0.39, 0.29) is 6.10 Å². The summed E-state index contributed by atoms with van der Waals surface area (Å²) in [6, 6.07) is 12.4. The van der Waals surface area contributed by atoms with E-state index in [2.05, 4.69) is 11.1 Å². The van der Waals surface area contributed by atoms with Crippen LogP contribution in [0.4, 0.5) is 5.69 Å². The van der Waals surface area contributed by atoms with Crippen molar-refractivity contribution in [2.24, 2.45) is 0 Å². The fraction of sp³-hybridized carbons (Fsp3) is 0.200. The number of nitriles is 1. The molecule has 2 N–H and O–H groups in total. The molecular weight excluding hydrogens is 366 g/mol. The van der Waals surface area contributed by atoms with Crippen LogP contribution in [0.1, 0.15) is 12.0 Å². The molecule has 0 saturated carbocycles. The third-order valence-electron chi connectivity index (χ3n) is 4.34. The van der Waals surface area contributed by atoms with E-state index in [4.69, 9.17) is 31.5 Å². The molecule has 2 aromatic carbocycles. The molecule has 1 aromatic heterocycles. The van der Waals surface area contributed by atoms with Gasteiger partial charge in [-0.15, -0.1) is 0 Å². The summed E-state index contributed by atoms with van der Waals surface area (Å²) in [6.07, 6.45) is 2.70. The molecule has 0 spiro atoms. The highest BCUT2D eigenvalue weighted by atomic mass is 35.5. The number of hydrogen-bond acceptors (Lipinski definition) is 6. The molecule has 7 heteroatoms. The Morgan fingerprint density at radius 2 is 2.11 bits per heavy atom. The normalized spacial score (nSPS) is 15.8. The van der Waals surface area contributed by atoms with E-state index >= 15 is 0 Å². The Morgan fingerprint density at radius 3 is 2.81 bits per heavy atom. The van der Waals surface area contributed by atoms with E-state index in [0.29, 0.717) is 51.0 Å². The van der Waals surface area contributed by atoms with E-state index in [9.17, 15) is 5.26 Å². The molecule has 0 radical (unpaired) electrons. The molecule has 1 atom stereocenters. The molecule has 6 nitrogen and oxygen atoms in total. The van der Waals surface area contributed by atoms with Crippen molar-refractivity contribution in [3.8, 4) is 23.3 Å². The van der Waals surface area contributed by atoms with Gasteiger partial charge in [0.05, 0.1) is 27.9 Å². The Kier molecular flexibility index (Phi) is 4.71. The van der Waals surface area contributed by atoms with Gasteiger partial charge in [-0.05, 0) is 24.3 Å². The highest BCUT2D eigenvalue weighted by molar-refractivity contribution is 6.33. The fourth-order valence-electron chi connectivity index (χ4n) is 2.76. The zero-order chi connectivity index (χ0) is 18.8. The fourth-order valence-corrected chi connectivity index (χ4v) is 2.87. The summed E-state index contributed by atoms with van der Waals surface area (Å²) in [5, 5.41) is 10.7. The van der Waals surface area contributed by atoms with Crippen molar-refractivity contribution in [3.63, 3.8) is 0 Å². The van der Waals surface area contributed by atoms with Gasteiger partial charge in [0.15, 0.2) is 0 Å². The number of nitrogen functional groups attached to an aromatic ring is 1. The monoisotopic (exact) mass is 381 g/mol. The first kappa shape index (κ1) is 17.4. The van der Waals surface area contributed by atoms with Crippen LogP contribution in [0.15, 0.2) is 42.6 Å². The third-order valence-corrected chi connectivity index (χ3v) is 4.68. The van der Waals surface area contributed by atoms with Crippen LogP contribution in [-0.4, -0.2) is 24.3 Å². The first-order chi connectivity index (χ1) is 13.1. The molecule has 1 aliphatic heterocycles. The zero-order valence-electron chi connectivity index (χ0n) is 14.3. The lowest BCUT2D eigenvalue weighted by atomic mass is 10.1. The highest BCUT2D eigenvalue weighted by Gasteiger charge is 2.20. The topological polar surface area (TPSA) is 90.4 Å². The molecule has 1 saturated heterocycles. The Hall–Kier alpha value is -3.01. The van der Waals surface area contributed by atoms with Crippen LogP contribution in [-0.2, 0) is 4.74 Å². The number of anilines is 1. The Labute approximate surface area is 161 Å². The summed E-state index contributed by atoms with van der Waals surface area (Å²) in [4.78, 5) is 4.37. The molecule has 136 valence electrons. The summed E-state index contributed by atoms with van der Waals surface area (Å²) in [5.41, 5.74) is 7.34.